The van der Waals surface area contributed by atoms with Crippen LogP contribution < -0.4 is 20.7 Å². The number of para-hydroxylation sites is 1. The lowest BCUT2D eigenvalue weighted by Crippen LogP contribution is -2.22. The molecule has 0 aliphatic rings. The fraction of sp³-hybridized carbons (Fsp3) is 0.0385. The molecule has 142 valence electrons. The van der Waals surface area contributed by atoms with Crippen LogP contribution in [0.1, 0.15) is 6.92 Å². The summed E-state index contributed by atoms with van der Waals surface area (Å²) in [5.74, 6) is 0.270. The van der Waals surface area contributed by atoms with Crippen LogP contribution in [-0.2, 0) is 4.79 Å². The van der Waals surface area contributed by atoms with Crippen molar-refractivity contribution in [3.63, 3.8) is 0 Å². The van der Waals surface area contributed by atoms with Crippen LogP contribution in [0.5, 0.6) is 5.75 Å². The summed E-state index contributed by atoms with van der Waals surface area (Å²) in [6.45, 7) is 1.43. The second-order valence-corrected chi connectivity index (χ2v) is 8.80. The standard InChI is InChI=1S/C26H21O2P/c1-20(27)28-25-18-10-8-16-23(25)24-17-9-11-19-26(24)29(21-12-4-2-5-13-21)22-14-6-3-7-15-22/h2-19H,1H3. The van der Waals surface area contributed by atoms with E-state index >= 15 is 0 Å². The van der Waals surface area contributed by atoms with Gasteiger partial charge in [-0.05, 0) is 35.5 Å². The molecule has 0 heterocycles. The van der Waals surface area contributed by atoms with Gasteiger partial charge in [-0.2, -0.15) is 0 Å². The van der Waals surface area contributed by atoms with Crippen LogP contribution in [0, 0.1) is 0 Å². The van der Waals surface area contributed by atoms with E-state index in [1.54, 1.807) is 0 Å². The SMILES string of the molecule is CC(=O)Oc1ccccc1-c1ccccc1P(c1ccccc1)c1ccccc1. The molecule has 0 atom stereocenters. The number of carbonyl (C=O) groups excluding carboxylic acids is 1. The monoisotopic (exact) mass is 396 g/mol. The summed E-state index contributed by atoms with van der Waals surface area (Å²) in [7, 11) is -0.764. The lowest BCUT2D eigenvalue weighted by Gasteiger charge is -2.23. The third-order valence-corrected chi connectivity index (χ3v) is 7.11. The van der Waals surface area contributed by atoms with Crippen LogP contribution in [0.25, 0.3) is 11.1 Å². The summed E-state index contributed by atoms with van der Waals surface area (Å²) in [6, 6.07) is 37.3. The van der Waals surface area contributed by atoms with E-state index < -0.39 is 7.92 Å². The topological polar surface area (TPSA) is 26.3 Å². The van der Waals surface area contributed by atoms with Gasteiger partial charge in [0.2, 0.25) is 0 Å². The van der Waals surface area contributed by atoms with E-state index in [-0.39, 0.29) is 5.97 Å². The Hall–Kier alpha value is -3.22. The number of benzene rings is 4. The maximum atomic E-state index is 11.6. The molecule has 0 unspecified atom stereocenters. The first-order valence-electron chi connectivity index (χ1n) is 9.51. The molecule has 29 heavy (non-hydrogen) atoms. The molecule has 0 bridgehead atoms. The Kier molecular flexibility index (Phi) is 5.84. The number of hydrogen-bond donors (Lipinski definition) is 0. The largest absolute Gasteiger partial charge is 0.426 e. The van der Waals surface area contributed by atoms with Gasteiger partial charge in [0.25, 0.3) is 0 Å². The summed E-state index contributed by atoms with van der Waals surface area (Å²) in [4.78, 5) is 11.6. The zero-order valence-corrected chi connectivity index (χ0v) is 17.1. The normalized spacial score (nSPS) is 10.7. The van der Waals surface area contributed by atoms with Crippen molar-refractivity contribution in [1.82, 2.24) is 0 Å². The molecule has 4 aromatic rings. The fourth-order valence-corrected chi connectivity index (χ4v) is 5.88. The van der Waals surface area contributed by atoms with Gasteiger partial charge in [-0.15, -0.1) is 0 Å². The summed E-state index contributed by atoms with van der Waals surface area (Å²) < 4.78 is 5.51. The highest BCUT2D eigenvalue weighted by Gasteiger charge is 2.21. The average molecular weight is 396 g/mol. The fourth-order valence-electron chi connectivity index (χ4n) is 3.41. The molecule has 0 aromatic heterocycles. The molecule has 0 radical (unpaired) electrons. The van der Waals surface area contributed by atoms with Crippen LogP contribution in [-0.4, -0.2) is 5.97 Å². The predicted octanol–water partition coefficient (Wildman–Crippen LogP) is 5.04. The minimum atomic E-state index is -0.764. The molecule has 0 aliphatic carbocycles. The Labute approximate surface area is 172 Å². The van der Waals surface area contributed by atoms with Crippen molar-refractivity contribution in [2.45, 2.75) is 6.92 Å². The maximum absolute atomic E-state index is 11.6. The quantitative estimate of drug-likeness (QED) is 0.268. The van der Waals surface area contributed by atoms with Gasteiger partial charge >= 0.3 is 5.97 Å². The molecule has 0 amide bonds. The highest BCUT2D eigenvalue weighted by Crippen LogP contribution is 2.39. The van der Waals surface area contributed by atoms with Gasteiger partial charge in [0.1, 0.15) is 5.75 Å². The number of hydrogen-bond acceptors (Lipinski definition) is 2. The Morgan fingerprint density at radius 1 is 0.621 bits per heavy atom. The molecule has 0 aliphatic heterocycles. The van der Waals surface area contributed by atoms with E-state index in [0.717, 1.165) is 11.1 Å². The van der Waals surface area contributed by atoms with Crippen LogP contribution in [0.4, 0.5) is 0 Å². The Morgan fingerprint density at radius 2 is 1.10 bits per heavy atom. The third kappa shape index (κ3) is 4.29. The zero-order chi connectivity index (χ0) is 20.1. The van der Waals surface area contributed by atoms with Crippen molar-refractivity contribution in [2.24, 2.45) is 0 Å². The second-order valence-electron chi connectivity index (χ2n) is 6.61. The first kappa shape index (κ1) is 19.1. The van der Waals surface area contributed by atoms with E-state index in [4.69, 9.17) is 4.74 Å². The minimum Gasteiger partial charge on any atom is -0.426 e. The Balaban J connectivity index is 1.93. The molecule has 2 nitrogen and oxygen atoms in total. The molecular formula is C26H21O2P. The third-order valence-electron chi connectivity index (χ3n) is 4.60. The van der Waals surface area contributed by atoms with Gasteiger partial charge in [0.05, 0.1) is 0 Å². The van der Waals surface area contributed by atoms with Crippen molar-refractivity contribution in [2.75, 3.05) is 0 Å². The molecule has 0 saturated heterocycles. The lowest BCUT2D eigenvalue weighted by molar-refractivity contribution is -0.131. The summed E-state index contributed by atoms with van der Waals surface area (Å²) in [5, 5.41) is 3.80. The summed E-state index contributed by atoms with van der Waals surface area (Å²) >= 11 is 0. The van der Waals surface area contributed by atoms with Crippen LogP contribution >= 0.6 is 7.92 Å². The van der Waals surface area contributed by atoms with E-state index in [0.29, 0.717) is 5.75 Å². The summed E-state index contributed by atoms with van der Waals surface area (Å²) in [6.07, 6.45) is 0. The first-order chi connectivity index (χ1) is 14.2. The van der Waals surface area contributed by atoms with Crippen molar-refractivity contribution >= 4 is 29.8 Å². The Bertz CT molecular complexity index is 1070. The number of rotatable bonds is 5. The van der Waals surface area contributed by atoms with Crippen molar-refractivity contribution in [1.29, 1.82) is 0 Å². The molecule has 4 aromatic carbocycles. The highest BCUT2D eigenvalue weighted by molar-refractivity contribution is 7.80. The van der Waals surface area contributed by atoms with Crippen molar-refractivity contribution in [3.8, 4) is 16.9 Å². The highest BCUT2D eigenvalue weighted by atomic mass is 31.1. The Morgan fingerprint density at radius 3 is 1.69 bits per heavy atom. The van der Waals surface area contributed by atoms with Gasteiger partial charge in [-0.1, -0.05) is 103 Å². The molecular weight excluding hydrogens is 375 g/mol. The van der Waals surface area contributed by atoms with E-state index in [9.17, 15) is 4.79 Å². The smallest absolute Gasteiger partial charge is 0.308 e. The van der Waals surface area contributed by atoms with Crippen LogP contribution in [0.15, 0.2) is 109 Å². The minimum absolute atomic E-state index is 0.316. The molecule has 3 heteroatoms. The molecule has 0 saturated carbocycles. The van der Waals surface area contributed by atoms with Crippen molar-refractivity contribution < 1.29 is 9.53 Å². The van der Waals surface area contributed by atoms with Gasteiger partial charge in [-0.3, -0.25) is 4.79 Å². The maximum Gasteiger partial charge on any atom is 0.308 e. The second kappa shape index (κ2) is 8.86. The van der Waals surface area contributed by atoms with Crippen LogP contribution in [0.2, 0.25) is 0 Å². The average Bonchev–Trinajstić information content (AvgIpc) is 2.76. The number of esters is 1. The van der Waals surface area contributed by atoms with Crippen LogP contribution in [0.3, 0.4) is 0 Å². The van der Waals surface area contributed by atoms with Gasteiger partial charge in [0, 0.05) is 12.5 Å². The molecule has 4 rings (SSSR count). The molecule has 0 spiro atoms. The lowest BCUT2D eigenvalue weighted by atomic mass is 10.0. The molecule has 0 fully saturated rings. The van der Waals surface area contributed by atoms with Gasteiger partial charge in [-0.25, -0.2) is 0 Å². The van der Waals surface area contributed by atoms with Gasteiger partial charge in [0.15, 0.2) is 0 Å². The predicted molar refractivity (Wildman–Crippen MR) is 122 cm³/mol. The van der Waals surface area contributed by atoms with E-state index in [1.165, 1.54) is 22.8 Å². The first-order valence-corrected chi connectivity index (χ1v) is 10.9. The van der Waals surface area contributed by atoms with E-state index in [2.05, 4.69) is 66.7 Å². The van der Waals surface area contributed by atoms with Gasteiger partial charge < -0.3 is 4.74 Å². The number of ether oxygens (including phenoxy) is 1. The number of carbonyl (C=O) groups is 1. The van der Waals surface area contributed by atoms with E-state index in [1.807, 2.05) is 42.5 Å². The zero-order valence-electron chi connectivity index (χ0n) is 16.2. The van der Waals surface area contributed by atoms with Crippen molar-refractivity contribution in [3.05, 3.63) is 109 Å². The summed E-state index contributed by atoms with van der Waals surface area (Å²) in [5.41, 5.74) is 2.01. The molecule has 0 N–H and O–H groups in total.